The van der Waals surface area contributed by atoms with Gasteiger partial charge in [0, 0.05) is 6.08 Å². The second-order valence-corrected chi connectivity index (χ2v) is 7.07. The van der Waals surface area contributed by atoms with Crippen LogP contribution in [-0.4, -0.2) is 26.8 Å². The molecule has 0 fully saturated rings. The zero-order valence-corrected chi connectivity index (χ0v) is 19.3. The van der Waals surface area contributed by atoms with Gasteiger partial charge in [-0.3, -0.25) is 0 Å². The van der Waals surface area contributed by atoms with Crippen molar-refractivity contribution in [3.63, 3.8) is 0 Å². The summed E-state index contributed by atoms with van der Waals surface area (Å²) in [5.74, 6) is 1.79. The molecule has 0 aromatic heterocycles. The molecule has 0 radical (unpaired) electrons. The number of rotatable bonds is 9. The quantitative estimate of drug-likeness (QED) is 0.134. The van der Waals surface area contributed by atoms with Gasteiger partial charge in [-0.25, -0.2) is 4.79 Å². The summed E-state index contributed by atoms with van der Waals surface area (Å²) in [5.41, 5.74) is 2.75. The van der Waals surface area contributed by atoms with Gasteiger partial charge < -0.3 is 18.9 Å². The van der Waals surface area contributed by atoms with Crippen LogP contribution in [0.4, 0.5) is 0 Å². The van der Waals surface area contributed by atoms with Crippen molar-refractivity contribution < 1.29 is 23.7 Å². The van der Waals surface area contributed by atoms with Crippen molar-refractivity contribution in [3.05, 3.63) is 89.5 Å². The second-order valence-electron chi connectivity index (χ2n) is 7.07. The van der Waals surface area contributed by atoms with Crippen LogP contribution in [0.5, 0.6) is 23.0 Å². The number of carbonyl (C=O) groups excluding carboxylic acids is 1. The standard InChI is InChI=1S/C28H25NO5/c1-4-33-26-14-8-20(18-27(26)32-3)9-15-28(30)34-25-7-5-6-21(17-25)16-23(19-29)22-10-12-24(31-2)13-11-22/h5-18H,4H2,1-3H3/b15-9+,23-16-. The maximum Gasteiger partial charge on any atom is 0.336 e. The van der Waals surface area contributed by atoms with E-state index in [1.165, 1.54) is 6.08 Å². The molecule has 0 amide bonds. The highest BCUT2D eigenvalue weighted by molar-refractivity contribution is 5.91. The van der Waals surface area contributed by atoms with E-state index >= 15 is 0 Å². The lowest BCUT2D eigenvalue weighted by molar-refractivity contribution is -0.128. The topological polar surface area (TPSA) is 77.8 Å². The zero-order valence-electron chi connectivity index (χ0n) is 19.3. The summed E-state index contributed by atoms with van der Waals surface area (Å²) >= 11 is 0. The third kappa shape index (κ3) is 6.50. The molecular formula is C28H25NO5. The third-order valence-electron chi connectivity index (χ3n) is 4.81. The molecule has 0 saturated carbocycles. The van der Waals surface area contributed by atoms with Crippen LogP contribution in [0, 0.1) is 11.3 Å². The lowest BCUT2D eigenvalue weighted by atomic mass is 10.0. The third-order valence-corrected chi connectivity index (χ3v) is 4.81. The van der Waals surface area contributed by atoms with Gasteiger partial charge in [0.05, 0.1) is 32.5 Å². The Kier molecular flexibility index (Phi) is 8.48. The van der Waals surface area contributed by atoms with E-state index in [2.05, 4.69) is 6.07 Å². The Bertz CT molecular complexity index is 1240. The summed E-state index contributed by atoms with van der Waals surface area (Å²) < 4.78 is 21.4. The Balaban J connectivity index is 1.71. The first-order chi connectivity index (χ1) is 16.6. The zero-order chi connectivity index (χ0) is 24.3. The molecule has 0 atom stereocenters. The summed E-state index contributed by atoms with van der Waals surface area (Å²) in [5, 5.41) is 9.58. The highest BCUT2D eigenvalue weighted by Crippen LogP contribution is 2.28. The number of carbonyl (C=O) groups is 1. The fourth-order valence-electron chi connectivity index (χ4n) is 3.16. The number of hydrogen-bond donors (Lipinski definition) is 0. The van der Waals surface area contributed by atoms with E-state index in [0.717, 1.165) is 16.7 Å². The van der Waals surface area contributed by atoms with Gasteiger partial charge in [0.2, 0.25) is 0 Å². The average Bonchev–Trinajstić information content (AvgIpc) is 2.87. The van der Waals surface area contributed by atoms with Gasteiger partial charge in [-0.15, -0.1) is 0 Å². The molecular weight excluding hydrogens is 430 g/mol. The number of allylic oxidation sites excluding steroid dienone is 1. The lowest BCUT2D eigenvalue weighted by Crippen LogP contribution is -2.03. The van der Waals surface area contributed by atoms with Crippen molar-refractivity contribution in [2.45, 2.75) is 6.92 Å². The lowest BCUT2D eigenvalue weighted by Gasteiger charge is -2.09. The molecule has 0 spiro atoms. The Labute approximate surface area is 199 Å². The van der Waals surface area contributed by atoms with Crippen LogP contribution in [0.2, 0.25) is 0 Å². The molecule has 0 aliphatic heterocycles. The predicted molar refractivity (Wildman–Crippen MR) is 132 cm³/mol. The molecule has 0 aliphatic carbocycles. The molecule has 3 aromatic carbocycles. The number of nitriles is 1. The van der Waals surface area contributed by atoms with E-state index in [4.69, 9.17) is 18.9 Å². The molecule has 0 saturated heterocycles. The maximum atomic E-state index is 12.3. The van der Waals surface area contributed by atoms with E-state index in [0.29, 0.717) is 35.2 Å². The summed E-state index contributed by atoms with van der Waals surface area (Å²) in [4.78, 5) is 12.3. The van der Waals surface area contributed by atoms with Crippen molar-refractivity contribution in [1.29, 1.82) is 5.26 Å². The first kappa shape index (κ1) is 24.1. The summed E-state index contributed by atoms with van der Waals surface area (Å²) in [6.45, 7) is 2.43. The van der Waals surface area contributed by atoms with Crippen molar-refractivity contribution in [3.8, 4) is 29.1 Å². The molecule has 0 bridgehead atoms. The van der Waals surface area contributed by atoms with Crippen LogP contribution in [0.3, 0.4) is 0 Å². The van der Waals surface area contributed by atoms with Gasteiger partial charge >= 0.3 is 5.97 Å². The monoisotopic (exact) mass is 455 g/mol. The fraction of sp³-hybridized carbons (Fsp3) is 0.143. The van der Waals surface area contributed by atoms with Crippen LogP contribution in [0.1, 0.15) is 23.6 Å². The van der Waals surface area contributed by atoms with Crippen LogP contribution < -0.4 is 18.9 Å². The molecule has 3 rings (SSSR count). The Hall–Kier alpha value is -4.50. The molecule has 6 nitrogen and oxygen atoms in total. The van der Waals surface area contributed by atoms with Crippen molar-refractivity contribution in [2.75, 3.05) is 20.8 Å². The molecule has 172 valence electrons. The molecule has 34 heavy (non-hydrogen) atoms. The second kappa shape index (κ2) is 11.9. The van der Waals surface area contributed by atoms with E-state index in [1.807, 2.05) is 31.2 Å². The van der Waals surface area contributed by atoms with Crippen molar-refractivity contribution >= 4 is 23.7 Å². The van der Waals surface area contributed by atoms with E-state index in [-0.39, 0.29) is 0 Å². The van der Waals surface area contributed by atoms with Crippen molar-refractivity contribution in [1.82, 2.24) is 0 Å². The minimum Gasteiger partial charge on any atom is -0.497 e. The largest absolute Gasteiger partial charge is 0.497 e. The van der Waals surface area contributed by atoms with Gasteiger partial charge in [0.25, 0.3) is 0 Å². The number of hydrogen-bond acceptors (Lipinski definition) is 6. The van der Waals surface area contributed by atoms with Crippen LogP contribution >= 0.6 is 0 Å². The molecule has 6 heteroatoms. The first-order valence-electron chi connectivity index (χ1n) is 10.6. The van der Waals surface area contributed by atoms with Crippen LogP contribution in [0.25, 0.3) is 17.7 Å². The highest BCUT2D eigenvalue weighted by Gasteiger charge is 2.06. The summed E-state index contributed by atoms with van der Waals surface area (Å²) in [6, 6.07) is 21.8. The van der Waals surface area contributed by atoms with Gasteiger partial charge in [-0.1, -0.05) is 18.2 Å². The maximum absolute atomic E-state index is 12.3. The van der Waals surface area contributed by atoms with Crippen LogP contribution in [0.15, 0.2) is 72.8 Å². The van der Waals surface area contributed by atoms with E-state index in [9.17, 15) is 10.1 Å². The Morgan fingerprint density at radius 3 is 2.38 bits per heavy atom. The smallest absolute Gasteiger partial charge is 0.336 e. The predicted octanol–water partition coefficient (Wildman–Crippen LogP) is 5.79. The minimum absolute atomic E-state index is 0.375. The van der Waals surface area contributed by atoms with Gasteiger partial charge in [0.1, 0.15) is 11.5 Å². The molecule has 0 heterocycles. The molecule has 0 aliphatic rings. The van der Waals surface area contributed by atoms with Crippen LogP contribution in [-0.2, 0) is 4.79 Å². The van der Waals surface area contributed by atoms with Gasteiger partial charge in [-0.05, 0) is 84.3 Å². The number of nitrogens with zero attached hydrogens (tertiary/aromatic N) is 1. The minimum atomic E-state index is -0.523. The molecule has 0 unspecified atom stereocenters. The highest BCUT2D eigenvalue weighted by atomic mass is 16.5. The summed E-state index contributed by atoms with van der Waals surface area (Å²) in [6.07, 6.45) is 4.72. The molecule has 3 aromatic rings. The molecule has 0 N–H and O–H groups in total. The Morgan fingerprint density at radius 2 is 1.71 bits per heavy atom. The van der Waals surface area contributed by atoms with Gasteiger partial charge in [-0.2, -0.15) is 5.26 Å². The fourth-order valence-corrected chi connectivity index (χ4v) is 3.16. The number of esters is 1. The number of benzene rings is 3. The Morgan fingerprint density at radius 1 is 0.912 bits per heavy atom. The van der Waals surface area contributed by atoms with Gasteiger partial charge in [0.15, 0.2) is 11.5 Å². The normalized spacial score (nSPS) is 11.1. The number of ether oxygens (including phenoxy) is 4. The number of methoxy groups -OCH3 is 2. The van der Waals surface area contributed by atoms with E-state index in [1.54, 1.807) is 68.8 Å². The first-order valence-corrected chi connectivity index (χ1v) is 10.6. The van der Waals surface area contributed by atoms with E-state index < -0.39 is 5.97 Å². The summed E-state index contributed by atoms with van der Waals surface area (Å²) in [7, 11) is 3.15. The van der Waals surface area contributed by atoms with Crippen molar-refractivity contribution in [2.24, 2.45) is 0 Å². The SMILES string of the molecule is CCOc1ccc(/C=C/C(=O)Oc2cccc(/C=C(/C#N)c3ccc(OC)cc3)c2)cc1OC. The average molecular weight is 456 g/mol.